The Bertz CT molecular complexity index is 330. The van der Waals surface area contributed by atoms with Gasteiger partial charge in [-0.1, -0.05) is 26.7 Å². The average Bonchev–Trinajstić information content (AvgIpc) is 2.69. The maximum absolute atomic E-state index is 12.5. The molecule has 3 unspecified atom stereocenters. The Labute approximate surface area is 109 Å². The van der Waals surface area contributed by atoms with Crippen molar-refractivity contribution in [2.45, 2.75) is 64.5 Å². The fraction of sp³-hybridized carbons (Fsp3) is 0.857. The van der Waals surface area contributed by atoms with Crippen molar-refractivity contribution in [3.05, 3.63) is 0 Å². The molecule has 0 aromatic carbocycles. The van der Waals surface area contributed by atoms with Crippen LogP contribution in [0.5, 0.6) is 0 Å². The molecule has 1 N–H and O–H groups in total. The standard InChI is InChI=1S/C14H24N2O2/c1-3-5-11-14(18)16(9-8-13(17)15-11)12-7-4-6-10(12)2/h10-12H,3-9H2,1-2H3,(H,15,17). The maximum Gasteiger partial charge on any atom is 0.245 e. The molecule has 0 spiro atoms. The monoisotopic (exact) mass is 252 g/mol. The third-order valence-electron chi connectivity index (χ3n) is 4.29. The summed E-state index contributed by atoms with van der Waals surface area (Å²) in [5.41, 5.74) is 0. The SMILES string of the molecule is CCCC1NC(=O)CCN(C2CCCC2C)C1=O. The summed E-state index contributed by atoms with van der Waals surface area (Å²) in [4.78, 5) is 26.2. The van der Waals surface area contributed by atoms with Crippen molar-refractivity contribution in [3.63, 3.8) is 0 Å². The lowest BCUT2D eigenvalue weighted by molar-refractivity contribution is -0.136. The number of nitrogens with zero attached hydrogens (tertiary/aromatic N) is 1. The zero-order chi connectivity index (χ0) is 13.1. The molecule has 0 aromatic rings. The van der Waals surface area contributed by atoms with Gasteiger partial charge in [0.2, 0.25) is 11.8 Å². The first kappa shape index (κ1) is 13.4. The highest BCUT2D eigenvalue weighted by Crippen LogP contribution is 2.30. The van der Waals surface area contributed by atoms with Gasteiger partial charge in [-0.15, -0.1) is 0 Å². The third kappa shape index (κ3) is 2.68. The van der Waals surface area contributed by atoms with E-state index < -0.39 is 0 Å². The summed E-state index contributed by atoms with van der Waals surface area (Å²) in [6.45, 7) is 4.87. The number of amides is 2. The van der Waals surface area contributed by atoms with Crippen LogP contribution in [0.25, 0.3) is 0 Å². The van der Waals surface area contributed by atoms with Gasteiger partial charge in [0, 0.05) is 19.0 Å². The topological polar surface area (TPSA) is 49.4 Å². The number of nitrogens with one attached hydrogen (secondary N) is 1. The normalized spacial score (nSPS) is 33.4. The number of carbonyl (C=O) groups excluding carboxylic acids is 2. The molecule has 2 amide bonds. The van der Waals surface area contributed by atoms with Crippen LogP contribution in [-0.4, -0.2) is 35.3 Å². The van der Waals surface area contributed by atoms with Crippen LogP contribution in [0.3, 0.4) is 0 Å². The molecule has 18 heavy (non-hydrogen) atoms. The van der Waals surface area contributed by atoms with Gasteiger partial charge in [-0.25, -0.2) is 0 Å². The predicted molar refractivity (Wildman–Crippen MR) is 70.0 cm³/mol. The Morgan fingerprint density at radius 1 is 1.33 bits per heavy atom. The fourth-order valence-electron chi connectivity index (χ4n) is 3.26. The fourth-order valence-corrected chi connectivity index (χ4v) is 3.26. The first-order chi connectivity index (χ1) is 8.63. The van der Waals surface area contributed by atoms with Gasteiger partial charge in [0.05, 0.1) is 0 Å². The van der Waals surface area contributed by atoms with Gasteiger partial charge in [-0.2, -0.15) is 0 Å². The second-order valence-corrected chi connectivity index (χ2v) is 5.67. The molecule has 1 saturated heterocycles. The van der Waals surface area contributed by atoms with Crippen LogP contribution in [0, 0.1) is 5.92 Å². The van der Waals surface area contributed by atoms with Gasteiger partial charge >= 0.3 is 0 Å². The molecule has 4 nitrogen and oxygen atoms in total. The summed E-state index contributed by atoms with van der Waals surface area (Å²) in [7, 11) is 0. The highest BCUT2D eigenvalue weighted by Gasteiger charge is 2.37. The number of hydrogen-bond donors (Lipinski definition) is 1. The highest BCUT2D eigenvalue weighted by atomic mass is 16.2. The van der Waals surface area contributed by atoms with Crippen molar-refractivity contribution in [2.24, 2.45) is 5.92 Å². The van der Waals surface area contributed by atoms with E-state index >= 15 is 0 Å². The molecule has 0 bridgehead atoms. The Kier molecular flexibility index (Phi) is 4.25. The van der Waals surface area contributed by atoms with Crippen LogP contribution in [-0.2, 0) is 9.59 Å². The third-order valence-corrected chi connectivity index (χ3v) is 4.29. The van der Waals surface area contributed by atoms with Gasteiger partial charge in [0.25, 0.3) is 0 Å². The van der Waals surface area contributed by atoms with E-state index in [-0.39, 0.29) is 17.9 Å². The van der Waals surface area contributed by atoms with Crippen molar-refractivity contribution in [1.29, 1.82) is 0 Å². The predicted octanol–water partition coefficient (Wildman–Crippen LogP) is 1.69. The smallest absolute Gasteiger partial charge is 0.245 e. The molecule has 0 aromatic heterocycles. The van der Waals surface area contributed by atoms with E-state index in [1.165, 1.54) is 12.8 Å². The quantitative estimate of drug-likeness (QED) is 0.831. The summed E-state index contributed by atoms with van der Waals surface area (Å²) in [6, 6.07) is 0.0577. The van der Waals surface area contributed by atoms with Crippen molar-refractivity contribution in [3.8, 4) is 0 Å². The van der Waals surface area contributed by atoms with Crippen LogP contribution in [0.1, 0.15) is 52.4 Å². The Morgan fingerprint density at radius 3 is 2.72 bits per heavy atom. The average molecular weight is 252 g/mol. The minimum absolute atomic E-state index is 0.0231. The minimum Gasteiger partial charge on any atom is -0.344 e. The lowest BCUT2D eigenvalue weighted by atomic mass is 10.0. The van der Waals surface area contributed by atoms with Crippen LogP contribution >= 0.6 is 0 Å². The van der Waals surface area contributed by atoms with E-state index in [9.17, 15) is 9.59 Å². The van der Waals surface area contributed by atoms with Crippen LogP contribution in [0.4, 0.5) is 0 Å². The van der Waals surface area contributed by atoms with Gasteiger partial charge < -0.3 is 10.2 Å². The maximum atomic E-state index is 12.5. The van der Waals surface area contributed by atoms with Gasteiger partial charge in [0.15, 0.2) is 0 Å². The van der Waals surface area contributed by atoms with Crippen LogP contribution < -0.4 is 5.32 Å². The molecule has 2 aliphatic rings. The molecular weight excluding hydrogens is 228 g/mol. The lowest BCUT2D eigenvalue weighted by Crippen LogP contribution is -2.49. The van der Waals surface area contributed by atoms with E-state index in [0.29, 0.717) is 24.9 Å². The summed E-state index contributed by atoms with van der Waals surface area (Å²) in [5.74, 6) is 0.737. The van der Waals surface area contributed by atoms with E-state index in [2.05, 4.69) is 12.2 Å². The van der Waals surface area contributed by atoms with Crippen molar-refractivity contribution in [1.82, 2.24) is 10.2 Å². The number of hydrogen-bond acceptors (Lipinski definition) is 2. The van der Waals surface area contributed by atoms with E-state index in [4.69, 9.17) is 0 Å². The first-order valence-corrected chi connectivity index (χ1v) is 7.23. The van der Waals surface area contributed by atoms with E-state index in [0.717, 1.165) is 19.3 Å². The molecule has 1 aliphatic carbocycles. The zero-order valence-electron chi connectivity index (χ0n) is 11.4. The van der Waals surface area contributed by atoms with Crippen LogP contribution in [0.15, 0.2) is 0 Å². The molecular formula is C14H24N2O2. The molecule has 4 heteroatoms. The zero-order valence-corrected chi connectivity index (χ0v) is 11.4. The summed E-state index contributed by atoms with van der Waals surface area (Å²) >= 11 is 0. The summed E-state index contributed by atoms with van der Waals surface area (Å²) in [6.07, 6.45) is 5.63. The first-order valence-electron chi connectivity index (χ1n) is 7.23. The van der Waals surface area contributed by atoms with Crippen molar-refractivity contribution < 1.29 is 9.59 Å². The van der Waals surface area contributed by atoms with E-state index in [1.807, 2.05) is 11.8 Å². The highest BCUT2D eigenvalue weighted by molar-refractivity contribution is 5.90. The molecule has 2 fully saturated rings. The number of rotatable bonds is 3. The number of carbonyl (C=O) groups is 2. The van der Waals surface area contributed by atoms with E-state index in [1.54, 1.807) is 0 Å². The molecule has 102 valence electrons. The van der Waals surface area contributed by atoms with Crippen LogP contribution in [0.2, 0.25) is 0 Å². The second kappa shape index (κ2) is 5.72. The molecule has 1 heterocycles. The van der Waals surface area contributed by atoms with Gasteiger partial charge in [-0.05, 0) is 25.2 Å². The van der Waals surface area contributed by atoms with Gasteiger partial charge in [0.1, 0.15) is 6.04 Å². The lowest BCUT2D eigenvalue weighted by Gasteiger charge is -2.32. The minimum atomic E-state index is -0.294. The Morgan fingerprint density at radius 2 is 2.11 bits per heavy atom. The largest absolute Gasteiger partial charge is 0.344 e. The second-order valence-electron chi connectivity index (χ2n) is 5.67. The van der Waals surface area contributed by atoms with Crippen molar-refractivity contribution >= 4 is 11.8 Å². The molecule has 0 radical (unpaired) electrons. The molecule has 1 saturated carbocycles. The Balaban J connectivity index is 2.12. The molecule has 3 atom stereocenters. The summed E-state index contributed by atoms with van der Waals surface area (Å²) < 4.78 is 0. The Hall–Kier alpha value is -1.06. The van der Waals surface area contributed by atoms with Crippen molar-refractivity contribution in [2.75, 3.05) is 6.54 Å². The van der Waals surface area contributed by atoms with Gasteiger partial charge in [-0.3, -0.25) is 9.59 Å². The summed E-state index contributed by atoms with van der Waals surface area (Å²) in [5, 5.41) is 2.87. The molecule has 2 rings (SSSR count). The molecule has 1 aliphatic heterocycles.